The molecule has 1 N–H and O–H groups in total. The average molecular weight is 349 g/mol. The summed E-state index contributed by atoms with van der Waals surface area (Å²) in [5, 5.41) is 15.3. The first-order valence-electron chi connectivity index (χ1n) is 8.62. The number of aliphatic hydroxyl groups is 1. The van der Waals surface area contributed by atoms with E-state index in [1.165, 1.54) is 4.68 Å². The molecule has 0 radical (unpaired) electrons. The lowest BCUT2D eigenvalue weighted by Crippen LogP contribution is -2.44. The molecular weight excluding hydrogens is 330 g/mol. The van der Waals surface area contributed by atoms with Crippen LogP contribution in [0.2, 0.25) is 0 Å². The Morgan fingerprint density at radius 1 is 1.15 bits per heavy atom. The predicted octanol–water partition coefficient (Wildman–Crippen LogP) is 1.51. The molecule has 2 heterocycles. The first-order chi connectivity index (χ1) is 12.7. The van der Waals surface area contributed by atoms with Gasteiger partial charge in [-0.25, -0.2) is 4.68 Å². The van der Waals surface area contributed by atoms with E-state index in [-0.39, 0.29) is 30.7 Å². The average Bonchev–Trinajstić information content (AvgIpc) is 2.69. The zero-order valence-corrected chi connectivity index (χ0v) is 14.2. The summed E-state index contributed by atoms with van der Waals surface area (Å²) >= 11 is 0. The summed E-state index contributed by atoms with van der Waals surface area (Å²) in [5.74, 6) is -0.219. The molecular formula is C20H19N3O3. The standard InChI is InChI=1S/C20H19N3O3/c24-13-18-16-7-3-1-5-14(16)9-10-22(18)19(25)12-23-20(26)17-8-4-2-6-15(17)11-21-23/h1-8,11,18,24H,9-10,12-13H2. The molecule has 0 saturated heterocycles. The summed E-state index contributed by atoms with van der Waals surface area (Å²) in [6.45, 7) is 0.231. The molecule has 6 nitrogen and oxygen atoms in total. The Morgan fingerprint density at radius 2 is 1.92 bits per heavy atom. The third-order valence-corrected chi connectivity index (χ3v) is 4.95. The normalized spacial score (nSPS) is 16.5. The quantitative estimate of drug-likeness (QED) is 0.778. The second kappa shape index (κ2) is 6.72. The minimum absolute atomic E-state index is 0.137. The Kier molecular flexibility index (Phi) is 4.26. The van der Waals surface area contributed by atoms with Gasteiger partial charge in [0.1, 0.15) is 6.54 Å². The maximum atomic E-state index is 12.9. The van der Waals surface area contributed by atoms with Crippen molar-refractivity contribution >= 4 is 16.7 Å². The van der Waals surface area contributed by atoms with E-state index < -0.39 is 0 Å². The van der Waals surface area contributed by atoms with Crippen molar-refractivity contribution in [3.8, 4) is 0 Å². The van der Waals surface area contributed by atoms with Crippen molar-refractivity contribution < 1.29 is 9.90 Å². The van der Waals surface area contributed by atoms with E-state index in [4.69, 9.17) is 0 Å². The summed E-state index contributed by atoms with van der Waals surface area (Å²) in [4.78, 5) is 27.1. The van der Waals surface area contributed by atoms with Gasteiger partial charge in [-0.3, -0.25) is 9.59 Å². The topological polar surface area (TPSA) is 75.4 Å². The van der Waals surface area contributed by atoms with E-state index in [1.54, 1.807) is 23.2 Å². The molecule has 1 amide bonds. The molecule has 0 aliphatic carbocycles. The summed E-state index contributed by atoms with van der Waals surface area (Å²) in [7, 11) is 0. The van der Waals surface area contributed by atoms with Crippen molar-refractivity contribution in [2.45, 2.75) is 19.0 Å². The summed E-state index contributed by atoms with van der Waals surface area (Å²) in [5.41, 5.74) is 1.83. The van der Waals surface area contributed by atoms with Gasteiger partial charge >= 0.3 is 0 Å². The van der Waals surface area contributed by atoms with E-state index in [2.05, 4.69) is 5.10 Å². The van der Waals surface area contributed by atoms with Crippen LogP contribution in [0.25, 0.3) is 10.8 Å². The van der Waals surface area contributed by atoms with E-state index in [0.717, 1.165) is 22.9 Å². The van der Waals surface area contributed by atoms with E-state index in [0.29, 0.717) is 11.9 Å². The van der Waals surface area contributed by atoms with Gasteiger partial charge in [0.25, 0.3) is 5.56 Å². The number of amides is 1. The monoisotopic (exact) mass is 349 g/mol. The lowest BCUT2D eigenvalue weighted by atomic mass is 9.93. The minimum atomic E-state index is -0.386. The fourth-order valence-corrected chi connectivity index (χ4v) is 3.61. The maximum Gasteiger partial charge on any atom is 0.275 e. The van der Waals surface area contributed by atoms with Crippen molar-refractivity contribution in [2.75, 3.05) is 13.2 Å². The number of hydrogen-bond acceptors (Lipinski definition) is 4. The van der Waals surface area contributed by atoms with Crippen LogP contribution in [0.4, 0.5) is 0 Å². The van der Waals surface area contributed by atoms with Crippen molar-refractivity contribution in [3.05, 3.63) is 76.2 Å². The molecule has 2 aromatic carbocycles. The highest BCUT2D eigenvalue weighted by molar-refractivity contribution is 5.81. The van der Waals surface area contributed by atoms with Crippen LogP contribution in [-0.4, -0.2) is 38.8 Å². The van der Waals surface area contributed by atoms with Crippen LogP contribution in [-0.2, 0) is 17.8 Å². The molecule has 1 unspecified atom stereocenters. The Morgan fingerprint density at radius 3 is 2.77 bits per heavy atom. The first-order valence-corrected chi connectivity index (χ1v) is 8.62. The highest BCUT2D eigenvalue weighted by Crippen LogP contribution is 2.29. The van der Waals surface area contributed by atoms with Gasteiger partial charge in [0, 0.05) is 11.9 Å². The van der Waals surface area contributed by atoms with Gasteiger partial charge in [-0.2, -0.15) is 5.10 Å². The third kappa shape index (κ3) is 2.78. The van der Waals surface area contributed by atoms with Crippen molar-refractivity contribution in [1.82, 2.24) is 14.7 Å². The van der Waals surface area contributed by atoms with Crippen molar-refractivity contribution in [1.29, 1.82) is 0 Å². The summed E-state index contributed by atoms with van der Waals surface area (Å²) in [6, 6.07) is 14.6. The second-order valence-corrected chi connectivity index (χ2v) is 6.43. The van der Waals surface area contributed by atoms with Crippen LogP contribution in [0.15, 0.2) is 59.5 Å². The van der Waals surface area contributed by atoms with Crippen LogP contribution in [0, 0.1) is 0 Å². The number of benzene rings is 2. The Hall–Kier alpha value is -2.99. The highest BCUT2D eigenvalue weighted by Gasteiger charge is 2.30. The van der Waals surface area contributed by atoms with Gasteiger partial charge in [-0.15, -0.1) is 0 Å². The molecule has 1 atom stereocenters. The molecule has 3 aromatic rings. The van der Waals surface area contributed by atoms with Crippen LogP contribution in [0.1, 0.15) is 17.2 Å². The SMILES string of the molecule is O=C(Cn1ncc2ccccc2c1=O)N1CCc2ccccc2C1CO. The zero-order chi connectivity index (χ0) is 18.1. The Balaban J connectivity index is 1.63. The van der Waals surface area contributed by atoms with Crippen molar-refractivity contribution in [3.63, 3.8) is 0 Å². The maximum absolute atomic E-state index is 12.9. The number of aromatic nitrogens is 2. The number of fused-ring (bicyclic) bond motifs is 2. The van der Waals surface area contributed by atoms with E-state index >= 15 is 0 Å². The summed E-state index contributed by atoms with van der Waals surface area (Å²) in [6.07, 6.45) is 2.33. The Bertz CT molecular complexity index is 1030. The number of rotatable bonds is 3. The minimum Gasteiger partial charge on any atom is -0.394 e. The van der Waals surface area contributed by atoms with Gasteiger partial charge in [0.15, 0.2) is 0 Å². The molecule has 0 saturated carbocycles. The van der Waals surface area contributed by atoms with Crippen molar-refractivity contribution in [2.24, 2.45) is 0 Å². The fourth-order valence-electron chi connectivity index (χ4n) is 3.61. The van der Waals surface area contributed by atoms with Gasteiger partial charge in [-0.05, 0) is 23.6 Å². The van der Waals surface area contributed by atoms with Gasteiger partial charge in [-0.1, -0.05) is 42.5 Å². The molecule has 1 aliphatic heterocycles. The molecule has 1 aromatic heterocycles. The molecule has 6 heteroatoms. The van der Waals surface area contributed by atoms with Crippen LogP contribution < -0.4 is 5.56 Å². The van der Waals surface area contributed by atoms with Gasteiger partial charge < -0.3 is 10.0 Å². The Labute approximate surface area is 150 Å². The second-order valence-electron chi connectivity index (χ2n) is 6.43. The van der Waals surface area contributed by atoms with Gasteiger partial charge in [0.2, 0.25) is 5.91 Å². The lowest BCUT2D eigenvalue weighted by molar-refractivity contribution is -0.136. The molecule has 132 valence electrons. The molecule has 0 bridgehead atoms. The fraction of sp³-hybridized carbons (Fsp3) is 0.250. The molecule has 26 heavy (non-hydrogen) atoms. The number of aliphatic hydroxyl groups excluding tert-OH is 1. The van der Waals surface area contributed by atoms with Crippen LogP contribution in [0.3, 0.4) is 0 Å². The lowest BCUT2D eigenvalue weighted by Gasteiger charge is -2.36. The molecule has 4 rings (SSSR count). The highest BCUT2D eigenvalue weighted by atomic mass is 16.3. The predicted molar refractivity (Wildman–Crippen MR) is 97.7 cm³/mol. The number of hydrogen-bond donors (Lipinski definition) is 1. The zero-order valence-electron chi connectivity index (χ0n) is 14.2. The molecule has 0 spiro atoms. The third-order valence-electron chi connectivity index (χ3n) is 4.95. The summed E-state index contributed by atoms with van der Waals surface area (Å²) < 4.78 is 1.19. The molecule has 1 aliphatic rings. The first kappa shape index (κ1) is 16.5. The number of carbonyl (C=O) groups excluding carboxylic acids is 1. The largest absolute Gasteiger partial charge is 0.394 e. The van der Waals surface area contributed by atoms with Crippen LogP contribution >= 0.6 is 0 Å². The molecule has 0 fully saturated rings. The van der Waals surface area contributed by atoms with Gasteiger partial charge in [0.05, 0.1) is 24.2 Å². The van der Waals surface area contributed by atoms with E-state index in [1.807, 2.05) is 36.4 Å². The smallest absolute Gasteiger partial charge is 0.275 e. The number of nitrogens with zero attached hydrogens (tertiary/aromatic N) is 3. The number of carbonyl (C=O) groups is 1. The van der Waals surface area contributed by atoms with Crippen LogP contribution in [0.5, 0.6) is 0 Å². The van der Waals surface area contributed by atoms with E-state index in [9.17, 15) is 14.7 Å².